The van der Waals surface area contributed by atoms with Crippen molar-refractivity contribution >= 4 is 57.8 Å². The van der Waals surface area contributed by atoms with E-state index >= 15 is 0 Å². The zero-order valence-electron chi connectivity index (χ0n) is 36.3. The first-order valence-electron chi connectivity index (χ1n) is 21.6. The van der Waals surface area contributed by atoms with Gasteiger partial charge in [0.15, 0.2) is 5.78 Å². The lowest BCUT2D eigenvalue weighted by Gasteiger charge is -2.27. The Morgan fingerprint density at radius 2 is 1.09 bits per heavy atom. The van der Waals surface area contributed by atoms with Gasteiger partial charge in [0, 0.05) is 92.8 Å². The molecule has 7 unspecified atom stereocenters. The Morgan fingerprint density at radius 1 is 0.544 bits per heavy atom. The summed E-state index contributed by atoms with van der Waals surface area (Å²) in [5.41, 5.74) is 0.799. The Bertz CT molecular complexity index is 1470. The molecular formula is C47H72O10. The van der Waals surface area contributed by atoms with Crippen LogP contribution in [0.5, 0.6) is 0 Å². The van der Waals surface area contributed by atoms with Crippen LogP contribution in [-0.4, -0.2) is 57.8 Å². The Balaban J connectivity index is 3.26. The Labute approximate surface area is 341 Å². The van der Waals surface area contributed by atoms with Crippen molar-refractivity contribution in [1.29, 1.82) is 0 Å². The van der Waals surface area contributed by atoms with Gasteiger partial charge < -0.3 is 14.4 Å². The average Bonchev–Trinajstić information content (AvgIpc) is 3.63. The SMILES string of the molecule is C=C(C)CCC(=O)C(=O)C(CCC)CC(=O)C1CCCC1C(=O)C(CCCC)CC(=O)C(CC(=O)C(CCC(C)=O)CC(=O)C(CCC(C)=O)CC(C)=O)C(C)C. The highest BCUT2D eigenvalue weighted by molar-refractivity contribution is 6.38. The molecule has 57 heavy (non-hydrogen) atoms. The van der Waals surface area contributed by atoms with Crippen molar-refractivity contribution in [3.8, 4) is 0 Å². The summed E-state index contributed by atoms with van der Waals surface area (Å²) in [7, 11) is 0. The predicted octanol–water partition coefficient (Wildman–Crippen LogP) is 8.75. The Morgan fingerprint density at radius 3 is 1.60 bits per heavy atom. The van der Waals surface area contributed by atoms with Crippen molar-refractivity contribution in [2.75, 3.05) is 0 Å². The van der Waals surface area contributed by atoms with E-state index in [4.69, 9.17) is 0 Å². The van der Waals surface area contributed by atoms with Crippen molar-refractivity contribution in [1.82, 2.24) is 0 Å². The Kier molecular flexibility index (Phi) is 23.9. The lowest BCUT2D eigenvalue weighted by Crippen LogP contribution is -2.35. The molecule has 0 aromatic heterocycles. The van der Waals surface area contributed by atoms with Crippen LogP contribution in [0.25, 0.3) is 0 Å². The normalized spacial score (nSPS) is 17.9. The lowest BCUT2D eigenvalue weighted by atomic mass is 9.74. The van der Waals surface area contributed by atoms with E-state index in [1.54, 1.807) is 6.92 Å². The van der Waals surface area contributed by atoms with Crippen LogP contribution in [0.2, 0.25) is 0 Å². The van der Waals surface area contributed by atoms with Crippen LogP contribution < -0.4 is 0 Å². The lowest BCUT2D eigenvalue weighted by molar-refractivity contribution is -0.141. The molecule has 10 heteroatoms. The fraction of sp³-hybridized carbons (Fsp3) is 0.745. The number of ketones is 10. The zero-order valence-corrected chi connectivity index (χ0v) is 36.3. The van der Waals surface area contributed by atoms with E-state index in [0.29, 0.717) is 51.4 Å². The van der Waals surface area contributed by atoms with Gasteiger partial charge in [0.25, 0.3) is 0 Å². The minimum absolute atomic E-state index is 0.0412. The molecule has 1 rings (SSSR count). The highest BCUT2D eigenvalue weighted by atomic mass is 16.2. The highest BCUT2D eigenvalue weighted by Gasteiger charge is 2.42. The molecule has 0 heterocycles. The number of hydrogen-bond acceptors (Lipinski definition) is 10. The van der Waals surface area contributed by atoms with E-state index in [0.717, 1.165) is 12.0 Å². The van der Waals surface area contributed by atoms with Gasteiger partial charge in [0.1, 0.15) is 46.3 Å². The van der Waals surface area contributed by atoms with Crippen molar-refractivity contribution in [2.24, 2.45) is 47.3 Å². The first kappa shape index (κ1) is 51.5. The molecule has 7 atom stereocenters. The molecule has 0 amide bonds. The molecule has 0 saturated heterocycles. The summed E-state index contributed by atoms with van der Waals surface area (Å²) in [6, 6.07) is 0. The fourth-order valence-corrected chi connectivity index (χ4v) is 8.29. The van der Waals surface area contributed by atoms with E-state index in [9.17, 15) is 47.9 Å². The zero-order chi connectivity index (χ0) is 43.4. The maximum absolute atomic E-state index is 14.3. The molecule has 0 aliphatic heterocycles. The van der Waals surface area contributed by atoms with Gasteiger partial charge in [-0.05, 0) is 78.6 Å². The molecule has 320 valence electrons. The third-order valence-electron chi connectivity index (χ3n) is 11.8. The standard InChI is InChI=1S/C47H72O10/c1-10-12-15-37(46(56)39-17-13-16-38(39)44(54)26-36(14-11-2)47(57)41(51)23-18-29(3)4)27-45(55)40(30(5)6)28-43(53)35(22-20-32(8)49)25-42(52)34(24-33(9)50)21-19-31(7)48/h30,34-40H,3,10-28H2,1-2,4-9H3. The van der Waals surface area contributed by atoms with Crippen LogP contribution in [0, 0.1) is 47.3 Å². The number of unbranched alkanes of at least 4 members (excludes halogenated alkanes) is 1. The van der Waals surface area contributed by atoms with Crippen LogP contribution in [-0.2, 0) is 47.9 Å². The molecule has 0 radical (unpaired) electrons. The van der Waals surface area contributed by atoms with Gasteiger partial charge in [-0.25, -0.2) is 0 Å². The molecule has 0 N–H and O–H groups in total. The number of allylic oxidation sites excluding steroid dienone is 1. The maximum Gasteiger partial charge on any atom is 0.201 e. The molecule has 0 bridgehead atoms. The van der Waals surface area contributed by atoms with Gasteiger partial charge in [-0.15, -0.1) is 6.58 Å². The summed E-state index contributed by atoms with van der Waals surface area (Å²) in [6.07, 6.45) is 5.08. The first-order valence-corrected chi connectivity index (χ1v) is 21.6. The van der Waals surface area contributed by atoms with E-state index < -0.39 is 53.0 Å². The molecule has 1 aliphatic carbocycles. The molecule has 0 aromatic carbocycles. The molecule has 10 nitrogen and oxygen atoms in total. The van der Waals surface area contributed by atoms with Crippen LogP contribution in [0.1, 0.15) is 177 Å². The van der Waals surface area contributed by atoms with E-state index in [1.807, 2.05) is 27.7 Å². The molecule has 0 aromatic rings. The first-order chi connectivity index (χ1) is 26.7. The van der Waals surface area contributed by atoms with Crippen molar-refractivity contribution < 1.29 is 47.9 Å². The van der Waals surface area contributed by atoms with Crippen molar-refractivity contribution in [3.05, 3.63) is 12.2 Å². The smallest absolute Gasteiger partial charge is 0.201 e. The van der Waals surface area contributed by atoms with Crippen molar-refractivity contribution in [2.45, 2.75) is 177 Å². The number of Topliss-reactive ketones (excluding diaryl/α,β-unsaturated/α-hetero) is 10. The van der Waals surface area contributed by atoms with Gasteiger partial charge in [-0.2, -0.15) is 0 Å². The van der Waals surface area contributed by atoms with Crippen LogP contribution in [0.15, 0.2) is 12.2 Å². The monoisotopic (exact) mass is 797 g/mol. The number of carbonyl (C=O) groups is 10. The Hall–Kier alpha value is -3.56. The fourth-order valence-electron chi connectivity index (χ4n) is 8.29. The third-order valence-corrected chi connectivity index (χ3v) is 11.8. The highest BCUT2D eigenvalue weighted by Crippen LogP contribution is 2.39. The number of carbonyl (C=O) groups excluding carboxylic acids is 10. The minimum atomic E-state index is -0.838. The van der Waals surface area contributed by atoms with Gasteiger partial charge >= 0.3 is 0 Å². The van der Waals surface area contributed by atoms with Crippen LogP contribution in [0.3, 0.4) is 0 Å². The minimum Gasteiger partial charge on any atom is -0.300 e. The topological polar surface area (TPSA) is 171 Å². The predicted molar refractivity (Wildman–Crippen MR) is 220 cm³/mol. The van der Waals surface area contributed by atoms with E-state index in [2.05, 4.69) is 6.58 Å². The third kappa shape index (κ3) is 18.7. The van der Waals surface area contributed by atoms with Gasteiger partial charge in [-0.3, -0.25) is 33.6 Å². The van der Waals surface area contributed by atoms with E-state index in [-0.39, 0.29) is 116 Å². The second-order valence-corrected chi connectivity index (χ2v) is 17.4. The molecule has 1 aliphatic rings. The van der Waals surface area contributed by atoms with Gasteiger partial charge in [0.2, 0.25) is 5.78 Å². The second kappa shape index (κ2) is 26.4. The van der Waals surface area contributed by atoms with Crippen molar-refractivity contribution in [3.63, 3.8) is 0 Å². The summed E-state index contributed by atoms with van der Waals surface area (Å²) in [6.45, 7) is 17.3. The summed E-state index contributed by atoms with van der Waals surface area (Å²) >= 11 is 0. The summed E-state index contributed by atoms with van der Waals surface area (Å²) in [5, 5.41) is 0. The quantitative estimate of drug-likeness (QED) is 0.0462. The molecule has 1 fully saturated rings. The molecule has 1 saturated carbocycles. The largest absolute Gasteiger partial charge is 0.300 e. The van der Waals surface area contributed by atoms with Gasteiger partial charge in [0.05, 0.1) is 0 Å². The molecule has 0 spiro atoms. The summed E-state index contributed by atoms with van der Waals surface area (Å²) in [5.74, 6) is -7.79. The summed E-state index contributed by atoms with van der Waals surface area (Å²) < 4.78 is 0. The average molecular weight is 797 g/mol. The maximum atomic E-state index is 14.3. The molecular weight excluding hydrogens is 725 g/mol. The van der Waals surface area contributed by atoms with E-state index in [1.165, 1.54) is 20.8 Å². The summed E-state index contributed by atoms with van der Waals surface area (Å²) in [4.78, 5) is 131. The second-order valence-electron chi connectivity index (χ2n) is 17.4. The van der Waals surface area contributed by atoms with Crippen LogP contribution >= 0.6 is 0 Å². The van der Waals surface area contributed by atoms with Crippen LogP contribution in [0.4, 0.5) is 0 Å². The number of rotatable bonds is 33. The van der Waals surface area contributed by atoms with Gasteiger partial charge in [-0.1, -0.05) is 59.0 Å². The number of hydrogen-bond donors (Lipinski definition) is 0.